The fourth-order valence-corrected chi connectivity index (χ4v) is 2.26. The van der Waals surface area contributed by atoms with Gasteiger partial charge in [-0.3, -0.25) is 0 Å². The van der Waals surface area contributed by atoms with Crippen molar-refractivity contribution in [1.29, 1.82) is 0 Å². The topological polar surface area (TPSA) is 46.6 Å². The summed E-state index contributed by atoms with van der Waals surface area (Å²) in [6.45, 7) is 9.59. The summed E-state index contributed by atoms with van der Waals surface area (Å²) in [5.41, 5.74) is 0.989. The third-order valence-electron chi connectivity index (χ3n) is 2.18. The van der Waals surface area contributed by atoms with Crippen molar-refractivity contribution in [2.75, 3.05) is 13.1 Å². The van der Waals surface area contributed by atoms with Crippen LogP contribution in [-0.4, -0.2) is 26.6 Å². The zero-order valence-corrected chi connectivity index (χ0v) is 11.2. The summed E-state index contributed by atoms with van der Waals surface area (Å²) >= 11 is 0. The third-order valence-corrected chi connectivity index (χ3v) is 3.44. The van der Waals surface area contributed by atoms with Crippen LogP contribution in [0.4, 0.5) is 0 Å². The van der Waals surface area contributed by atoms with Gasteiger partial charge in [0.15, 0.2) is 0 Å². The van der Waals surface area contributed by atoms with Crippen LogP contribution >= 0.6 is 0 Å². The van der Waals surface area contributed by atoms with Crippen LogP contribution in [0.25, 0.3) is 0 Å². The summed E-state index contributed by atoms with van der Waals surface area (Å²) in [5, 5.41) is 1.27. The van der Waals surface area contributed by atoms with Gasteiger partial charge in [-0.05, 0) is 19.1 Å². The Bertz CT molecular complexity index is 496. The van der Waals surface area contributed by atoms with E-state index in [2.05, 4.69) is 13.2 Å². The molecule has 0 heterocycles. The van der Waals surface area contributed by atoms with Crippen molar-refractivity contribution in [2.24, 2.45) is 0 Å². The summed E-state index contributed by atoms with van der Waals surface area (Å²) in [6.07, 6.45) is 3.13. The average molecular weight is 267 g/mol. The Morgan fingerprint density at radius 1 is 1.17 bits per heavy atom. The molecule has 4 nitrogen and oxygen atoms in total. The molecular weight excluding hydrogens is 250 g/mol. The summed E-state index contributed by atoms with van der Waals surface area (Å²) in [6, 6.07) is 6.48. The molecule has 0 atom stereocenters. The van der Waals surface area contributed by atoms with Crippen molar-refractivity contribution < 1.29 is 12.7 Å². The molecule has 0 aromatic heterocycles. The second kappa shape index (κ2) is 6.49. The lowest BCUT2D eigenvalue weighted by Gasteiger charge is -2.17. The average Bonchev–Trinajstić information content (AvgIpc) is 2.29. The van der Waals surface area contributed by atoms with E-state index in [0.29, 0.717) is 13.1 Å². The number of hydrogen-bond donors (Lipinski definition) is 0. The van der Waals surface area contributed by atoms with Crippen molar-refractivity contribution >= 4 is 10.1 Å². The zero-order chi connectivity index (χ0) is 13.6. The first-order chi connectivity index (χ1) is 8.49. The molecule has 1 aromatic carbocycles. The second-order valence-electron chi connectivity index (χ2n) is 3.77. The quantitative estimate of drug-likeness (QED) is 0.562. The Morgan fingerprint density at radius 3 is 2.11 bits per heavy atom. The predicted molar refractivity (Wildman–Crippen MR) is 71.4 cm³/mol. The number of rotatable bonds is 7. The molecule has 0 unspecified atom stereocenters. The lowest BCUT2D eigenvalue weighted by Crippen LogP contribution is -2.27. The van der Waals surface area contributed by atoms with Crippen LogP contribution in [-0.2, 0) is 14.4 Å². The highest BCUT2D eigenvalue weighted by molar-refractivity contribution is 7.86. The van der Waals surface area contributed by atoms with Gasteiger partial charge in [0, 0.05) is 13.1 Å². The van der Waals surface area contributed by atoms with E-state index in [4.69, 9.17) is 4.28 Å². The highest BCUT2D eigenvalue weighted by atomic mass is 32.2. The monoisotopic (exact) mass is 267 g/mol. The fourth-order valence-electron chi connectivity index (χ4n) is 1.31. The van der Waals surface area contributed by atoms with Crippen molar-refractivity contribution in [2.45, 2.75) is 11.8 Å². The predicted octanol–water partition coefficient (Wildman–Crippen LogP) is 2.29. The van der Waals surface area contributed by atoms with Crippen LogP contribution in [0.1, 0.15) is 5.56 Å². The summed E-state index contributed by atoms with van der Waals surface area (Å²) < 4.78 is 28.9. The molecule has 0 aliphatic rings. The SMILES string of the molecule is C=CCN(CC=C)OS(=O)(=O)c1ccc(C)cc1. The first-order valence-electron chi connectivity index (χ1n) is 5.47. The number of aryl methyl sites for hydroxylation is 1. The highest BCUT2D eigenvalue weighted by Gasteiger charge is 2.18. The Balaban J connectivity index is 2.88. The molecule has 0 aliphatic carbocycles. The molecule has 0 bridgehead atoms. The Labute approximate surface area is 108 Å². The minimum Gasteiger partial charge on any atom is -0.192 e. The van der Waals surface area contributed by atoms with Gasteiger partial charge in [0.25, 0.3) is 0 Å². The zero-order valence-electron chi connectivity index (χ0n) is 10.4. The van der Waals surface area contributed by atoms with Gasteiger partial charge in [-0.15, -0.1) is 13.2 Å². The summed E-state index contributed by atoms with van der Waals surface area (Å²) in [5.74, 6) is 0. The van der Waals surface area contributed by atoms with Gasteiger partial charge in [0.2, 0.25) is 0 Å². The van der Waals surface area contributed by atoms with Crippen LogP contribution in [0, 0.1) is 6.92 Å². The van der Waals surface area contributed by atoms with E-state index in [-0.39, 0.29) is 4.90 Å². The van der Waals surface area contributed by atoms with Gasteiger partial charge in [-0.1, -0.05) is 29.8 Å². The number of benzene rings is 1. The maximum absolute atomic E-state index is 12.0. The molecule has 0 radical (unpaired) electrons. The summed E-state index contributed by atoms with van der Waals surface area (Å²) in [7, 11) is -3.79. The Morgan fingerprint density at radius 2 is 1.67 bits per heavy atom. The smallest absolute Gasteiger partial charge is 0.192 e. The van der Waals surface area contributed by atoms with E-state index < -0.39 is 10.1 Å². The van der Waals surface area contributed by atoms with E-state index in [1.807, 2.05) is 6.92 Å². The van der Waals surface area contributed by atoms with Crippen molar-refractivity contribution in [3.05, 3.63) is 55.1 Å². The molecular formula is C13H17NO3S. The molecule has 0 spiro atoms. The molecule has 0 fully saturated rings. The number of nitrogens with zero attached hydrogens (tertiary/aromatic N) is 1. The van der Waals surface area contributed by atoms with Gasteiger partial charge in [-0.2, -0.15) is 17.8 Å². The first-order valence-corrected chi connectivity index (χ1v) is 6.88. The minimum absolute atomic E-state index is 0.131. The second-order valence-corrected chi connectivity index (χ2v) is 5.29. The lowest BCUT2D eigenvalue weighted by atomic mass is 10.2. The Hall–Kier alpha value is -1.43. The normalized spacial score (nSPS) is 11.4. The van der Waals surface area contributed by atoms with Crippen LogP contribution in [0.5, 0.6) is 0 Å². The lowest BCUT2D eigenvalue weighted by molar-refractivity contribution is -0.0283. The summed E-state index contributed by atoms with van der Waals surface area (Å²) in [4.78, 5) is 0.131. The van der Waals surface area contributed by atoms with Gasteiger partial charge in [0.1, 0.15) is 0 Å². The molecule has 1 aromatic rings. The van der Waals surface area contributed by atoms with Crippen molar-refractivity contribution in [3.63, 3.8) is 0 Å². The van der Waals surface area contributed by atoms with Crippen LogP contribution in [0.15, 0.2) is 54.5 Å². The van der Waals surface area contributed by atoms with Gasteiger partial charge < -0.3 is 0 Å². The van der Waals surface area contributed by atoms with Crippen LogP contribution < -0.4 is 0 Å². The van der Waals surface area contributed by atoms with E-state index in [9.17, 15) is 8.42 Å². The van der Waals surface area contributed by atoms with Crippen molar-refractivity contribution in [3.8, 4) is 0 Å². The van der Waals surface area contributed by atoms with E-state index in [1.54, 1.807) is 24.3 Å². The molecule has 0 saturated carbocycles. The molecule has 0 saturated heterocycles. The van der Waals surface area contributed by atoms with Crippen LogP contribution in [0.2, 0.25) is 0 Å². The maximum Gasteiger partial charge on any atom is 0.313 e. The maximum atomic E-state index is 12.0. The molecule has 1 rings (SSSR count). The van der Waals surface area contributed by atoms with Gasteiger partial charge >= 0.3 is 10.1 Å². The number of hydroxylamine groups is 2. The van der Waals surface area contributed by atoms with Gasteiger partial charge in [-0.25, -0.2) is 0 Å². The molecule has 0 amide bonds. The van der Waals surface area contributed by atoms with Gasteiger partial charge in [0.05, 0.1) is 4.90 Å². The molecule has 18 heavy (non-hydrogen) atoms. The fraction of sp³-hybridized carbons (Fsp3) is 0.231. The number of hydrogen-bond acceptors (Lipinski definition) is 4. The van der Waals surface area contributed by atoms with E-state index in [1.165, 1.54) is 17.2 Å². The highest BCUT2D eigenvalue weighted by Crippen LogP contribution is 2.14. The largest absolute Gasteiger partial charge is 0.313 e. The minimum atomic E-state index is -3.79. The van der Waals surface area contributed by atoms with Crippen molar-refractivity contribution in [1.82, 2.24) is 5.06 Å². The van der Waals surface area contributed by atoms with E-state index in [0.717, 1.165) is 5.56 Å². The first kappa shape index (κ1) is 14.6. The standard InChI is InChI=1S/C13H17NO3S/c1-4-10-14(11-5-2)17-18(15,16)13-8-6-12(3)7-9-13/h4-9H,1-2,10-11H2,3H3. The van der Waals surface area contributed by atoms with E-state index >= 15 is 0 Å². The molecule has 98 valence electrons. The molecule has 0 aliphatic heterocycles. The Kier molecular flexibility index (Phi) is 5.27. The van der Waals surface area contributed by atoms with Crippen LogP contribution in [0.3, 0.4) is 0 Å². The third kappa shape index (κ3) is 4.10. The molecule has 0 N–H and O–H groups in total. The molecule has 5 heteroatoms.